The minimum absolute atomic E-state index is 0.176. The van der Waals surface area contributed by atoms with E-state index in [0.29, 0.717) is 12.1 Å². The number of amides is 1. The third-order valence-corrected chi connectivity index (χ3v) is 6.14. The second-order valence-corrected chi connectivity index (χ2v) is 7.78. The van der Waals surface area contributed by atoms with Crippen molar-refractivity contribution in [2.75, 3.05) is 26.2 Å². The van der Waals surface area contributed by atoms with Crippen LogP contribution < -0.4 is 0 Å². The standard InChI is InChI=1S/C19H29N3O2/c1-13-12-16(14(2)22(13)15-6-7-15)19(24)21-10-8-20(9-11-21)17-4-3-5-18(17)23/h12,15,17-18,23H,3-11H2,1-2H3/t17-,18-/m0/s1. The van der Waals surface area contributed by atoms with Gasteiger partial charge in [0.25, 0.3) is 5.91 Å². The smallest absolute Gasteiger partial charge is 0.255 e. The first-order valence-corrected chi connectivity index (χ1v) is 9.46. The summed E-state index contributed by atoms with van der Waals surface area (Å²) in [6.07, 6.45) is 5.45. The Hall–Kier alpha value is -1.33. The maximum atomic E-state index is 13.0. The maximum absolute atomic E-state index is 13.0. The summed E-state index contributed by atoms with van der Waals surface area (Å²) >= 11 is 0. The van der Waals surface area contributed by atoms with E-state index in [-0.39, 0.29) is 12.0 Å². The normalized spacial score (nSPS) is 28.5. The van der Waals surface area contributed by atoms with Crippen molar-refractivity contribution < 1.29 is 9.90 Å². The lowest BCUT2D eigenvalue weighted by Gasteiger charge is -2.39. The average molecular weight is 331 g/mol. The molecule has 2 heterocycles. The molecule has 1 aromatic rings. The van der Waals surface area contributed by atoms with Gasteiger partial charge in [0.05, 0.1) is 11.7 Å². The van der Waals surface area contributed by atoms with E-state index in [9.17, 15) is 9.90 Å². The first-order valence-electron chi connectivity index (χ1n) is 9.46. The van der Waals surface area contributed by atoms with Crippen LogP contribution in [0.5, 0.6) is 0 Å². The molecule has 0 spiro atoms. The Balaban J connectivity index is 1.42. The van der Waals surface area contributed by atoms with Crippen molar-refractivity contribution >= 4 is 5.91 Å². The van der Waals surface area contributed by atoms with Gasteiger partial charge in [-0.15, -0.1) is 0 Å². The van der Waals surface area contributed by atoms with Crippen molar-refractivity contribution in [3.63, 3.8) is 0 Å². The van der Waals surface area contributed by atoms with Crippen LogP contribution in [-0.2, 0) is 0 Å². The van der Waals surface area contributed by atoms with Crippen LogP contribution in [0, 0.1) is 13.8 Å². The summed E-state index contributed by atoms with van der Waals surface area (Å²) in [5.41, 5.74) is 3.23. The molecule has 0 aromatic carbocycles. The lowest BCUT2D eigenvalue weighted by atomic mass is 10.1. The minimum atomic E-state index is -0.176. The number of nitrogens with zero attached hydrogens (tertiary/aromatic N) is 3. The highest BCUT2D eigenvalue weighted by atomic mass is 16.3. The van der Waals surface area contributed by atoms with E-state index in [1.165, 1.54) is 18.5 Å². The maximum Gasteiger partial charge on any atom is 0.255 e. The molecule has 1 aromatic heterocycles. The molecule has 3 aliphatic rings. The summed E-state index contributed by atoms with van der Waals surface area (Å²) in [6.45, 7) is 7.51. The molecule has 1 amide bonds. The molecule has 0 bridgehead atoms. The zero-order valence-corrected chi connectivity index (χ0v) is 14.9. The van der Waals surface area contributed by atoms with Crippen molar-refractivity contribution in [2.24, 2.45) is 0 Å². The Bertz CT molecular complexity index is 627. The number of aryl methyl sites for hydroxylation is 1. The van der Waals surface area contributed by atoms with Crippen molar-refractivity contribution in [3.05, 3.63) is 23.0 Å². The lowest BCUT2D eigenvalue weighted by molar-refractivity contribution is 0.0315. The second kappa shape index (κ2) is 6.19. The first kappa shape index (κ1) is 16.2. The van der Waals surface area contributed by atoms with Gasteiger partial charge in [-0.2, -0.15) is 0 Å². The van der Waals surface area contributed by atoms with Gasteiger partial charge >= 0.3 is 0 Å². The quantitative estimate of drug-likeness (QED) is 0.923. The molecule has 2 atom stereocenters. The monoisotopic (exact) mass is 331 g/mol. The summed E-state index contributed by atoms with van der Waals surface area (Å²) in [5.74, 6) is 0.182. The zero-order valence-electron chi connectivity index (χ0n) is 14.9. The molecule has 2 saturated carbocycles. The number of aliphatic hydroxyl groups is 1. The number of carbonyl (C=O) groups excluding carboxylic acids is 1. The van der Waals surface area contributed by atoms with Gasteiger partial charge in [0.15, 0.2) is 0 Å². The molecule has 1 N–H and O–H groups in total. The predicted molar refractivity (Wildman–Crippen MR) is 93.3 cm³/mol. The first-order chi connectivity index (χ1) is 11.6. The van der Waals surface area contributed by atoms with Crippen LogP contribution in [0.25, 0.3) is 0 Å². The van der Waals surface area contributed by atoms with E-state index in [4.69, 9.17) is 0 Å². The largest absolute Gasteiger partial charge is 0.391 e. The molecule has 3 fully saturated rings. The Morgan fingerprint density at radius 3 is 2.38 bits per heavy atom. The molecule has 1 aliphatic heterocycles. The highest BCUT2D eigenvalue weighted by molar-refractivity contribution is 5.95. The minimum Gasteiger partial charge on any atom is -0.391 e. The number of aliphatic hydroxyl groups excluding tert-OH is 1. The van der Waals surface area contributed by atoms with E-state index in [2.05, 4.69) is 29.4 Å². The second-order valence-electron chi connectivity index (χ2n) is 7.78. The highest BCUT2D eigenvalue weighted by Gasteiger charge is 2.34. The summed E-state index contributed by atoms with van der Waals surface area (Å²) < 4.78 is 2.35. The molecule has 132 valence electrons. The van der Waals surface area contributed by atoms with E-state index < -0.39 is 0 Å². The van der Waals surface area contributed by atoms with Crippen molar-refractivity contribution in [2.45, 2.75) is 64.1 Å². The SMILES string of the molecule is Cc1cc(C(=O)N2CCN([C@H]3CCC[C@@H]3O)CC2)c(C)n1C1CC1. The van der Waals surface area contributed by atoms with Crippen molar-refractivity contribution in [1.29, 1.82) is 0 Å². The molecular weight excluding hydrogens is 302 g/mol. The van der Waals surface area contributed by atoms with Crippen LogP contribution in [0.3, 0.4) is 0 Å². The molecule has 24 heavy (non-hydrogen) atoms. The van der Waals surface area contributed by atoms with Gasteiger partial charge in [0.2, 0.25) is 0 Å². The number of aromatic nitrogens is 1. The number of piperazine rings is 1. The Kier molecular flexibility index (Phi) is 4.17. The van der Waals surface area contributed by atoms with Crippen LogP contribution in [0.2, 0.25) is 0 Å². The average Bonchev–Trinajstić information content (AvgIpc) is 3.24. The van der Waals surface area contributed by atoms with Crippen LogP contribution >= 0.6 is 0 Å². The Morgan fingerprint density at radius 2 is 1.79 bits per heavy atom. The van der Waals surface area contributed by atoms with E-state index in [1.807, 2.05) is 4.90 Å². The van der Waals surface area contributed by atoms with Crippen LogP contribution in [-0.4, -0.2) is 63.7 Å². The number of hydrogen-bond donors (Lipinski definition) is 1. The molecule has 0 radical (unpaired) electrons. The fraction of sp³-hybridized carbons (Fsp3) is 0.737. The fourth-order valence-corrected chi connectivity index (χ4v) is 4.66. The van der Waals surface area contributed by atoms with E-state index in [1.54, 1.807) is 0 Å². The molecule has 5 nitrogen and oxygen atoms in total. The fourth-order valence-electron chi connectivity index (χ4n) is 4.66. The summed E-state index contributed by atoms with van der Waals surface area (Å²) in [4.78, 5) is 17.3. The van der Waals surface area contributed by atoms with Crippen LogP contribution in [0.15, 0.2) is 6.07 Å². The van der Waals surface area contributed by atoms with Gasteiger partial charge in [-0.05, 0) is 52.0 Å². The highest BCUT2D eigenvalue weighted by Crippen LogP contribution is 2.38. The predicted octanol–water partition coefficient (Wildman–Crippen LogP) is 2.11. The number of hydrogen-bond acceptors (Lipinski definition) is 3. The van der Waals surface area contributed by atoms with Crippen molar-refractivity contribution in [3.8, 4) is 0 Å². The van der Waals surface area contributed by atoms with E-state index >= 15 is 0 Å². The van der Waals surface area contributed by atoms with Crippen molar-refractivity contribution in [1.82, 2.24) is 14.4 Å². The molecule has 4 rings (SSSR count). The molecule has 2 aliphatic carbocycles. The molecular formula is C19H29N3O2. The van der Waals surface area contributed by atoms with Gasteiger partial charge in [0.1, 0.15) is 0 Å². The van der Waals surface area contributed by atoms with Gasteiger partial charge < -0.3 is 14.6 Å². The van der Waals surface area contributed by atoms with Crippen LogP contribution in [0.1, 0.15) is 59.9 Å². The topological polar surface area (TPSA) is 48.7 Å². The number of rotatable bonds is 3. The van der Waals surface area contributed by atoms with Gasteiger partial charge in [0, 0.05) is 49.7 Å². The molecule has 5 heteroatoms. The van der Waals surface area contributed by atoms with Gasteiger partial charge in [-0.3, -0.25) is 9.69 Å². The molecule has 1 saturated heterocycles. The summed E-state index contributed by atoms with van der Waals surface area (Å²) in [6, 6.07) is 3.00. The van der Waals surface area contributed by atoms with Gasteiger partial charge in [-0.25, -0.2) is 0 Å². The van der Waals surface area contributed by atoms with E-state index in [0.717, 1.165) is 56.7 Å². The molecule has 0 unspecified atom stereocenters. The third-order valence-electron chi connectivity index (χ3n) is 6.14. The van der Waals surface area contributed by atoms with Crippen LogP contribution in [0.4, 0.5) is 0 Å². The Labute approximate surface area is 144 Å². The summed E-state index contributed by atoms with van der Waals surface area (Å²) in [7, 11) is 0. The summed E-state index contributed by atoms with van der Waals surface area (Å²) in [5, 5.41) is 10.1. The van der Waals surface area contributed by atoms with Gasteiger partial charge in [-0.1, -0.05) is 0 Å². The zero-order chi connectivity index (χ0) is 16.8. The third kappa shape index (κ3) is 2.78. The Morgan fingerprint density at radius 1 is 1.08 bits per heavy atom. The lowest BCUT2D eigenvalue weighted by Crippen LogP contribution is -2.53. The number of carbonyl (C=O) groups is 1.